The second-order valence-corrected chi connectivity index (χ2v) is 17.9. The lowest BCUT2D eigenvalue weighted by molar-refractivity contribution is -0.131. The highest BCUT2D eigenvalue weighted by atomic mass is 16.2. The number of ketones is 4. The molecule has 12 heteroatoms. The Morgan fingerprint density at radius 3 is 1.10 bits per heavy atom. The van der Waals surface area contributed by atoms with Crippen LogP contribution in [0.25, 0.3) is 0 Å². The molecule has 68 heavy (non-hydrogen) atoms. The Bertz CT molecular complexity index is 2330. The number of piperidine rings is 2. The van der Waals surface area contributed by atoms with Crippen LogP contribution < -0.4 is 0 Å². The molecule has 0 unspecified atom stereocenters. The predicted octanol–water partition coefficient (Wildman–Crippen LogP) is 7.13. The lowest BCUT2D eigenvalue weighted by atomic mass is 9.69. The van der Waals surface area contributed by atoms with E-state index in [4.69, 9.17) is 0 Å². The van der Waals surface area contributed by atoms with Gasteiger partial charge in [0.1, 0.15) is 0 Å². The second-order valence-electron chi connectivity index (χ2n) is 17.9. The predicted molar refractivity (Wildman–Crippen MR) is 261 cm³/mol. The number of hydrogen-bond donors (Lipinski definition) is 0. The fourth-order valence-electron chi connectivity index (χ4n) is 9.47. The Balaban J connectivity index is 0.000000201. The summed E-state index contributed by atoms with van der Waals surface area (Å²) in [5.74, 6) is -3.01. The lowest BCUT2D eigenvalue weighted by Gasteiger charge is -2.43. The third-order valence-electron chi connectivity index (χ3n) is 12.9. The van der Waals surface area contributed by atoms with E-state index in [2.05, 4.69) is 9.97 Å². The Labute approximate surface area is 398 Å². The minimum absolute atomic E-state index is 0.0256. The molecule has 4 heterocycles. The number of nitrogens with zero attached hydrogens (tertiary/aromatic N) is 6. The van der Waals surface area contributed by atoms with Crippen molar-refractivity contribution in [2.75, 3.05) is 67.5 Å². The van der Waals surface area contributed by atoms with Gasteiger partial charge in [-0.25, -0.2) is 0 Å². The molecule has 0 N–H and O–H groups in total. The maximum Gasteiger partial charge on any atom is 0.236 e. The van der Waals surface area contributed by atoms with Crippen molar-refractivity contribution < 1.29 is 28.8 Å². The van der Waals surface area contributed by atoms with Crippen molar-refractivity contribution in [3.05, 3.63) is 204 Å². The second kappa shape index (κ2) is 23.0. The van der Waals surface area contributed by atoms with Crippen molar-refractivity contribution in [2.24, 2.45) is 23.7 Å². The molecule has 2 aromatic heterocycles. The van der Waals surface area contributed by atoms with Crippen LogP contribution >= 0.6 is 0 Å². The molecule has 4 aromatic carbocycles. The summed E-state index contributed by atoms with van der Waals surface area (Å²) in [4.78, 5) is 96.1. The molecule has 2 amide bonds. The summed E-state index contributed by atoms with van der Waals surface area (Å²) in [6, 6.07) is 46.0. The highest BCUT2D eigenvalue weighted by Crippen LogP contribution is 2.42. The van der Waals surface area contributed by atoms with Crippen LogP contribution in [-0.4, -0.2) is 132 Å². The van der Waals surface area contributed by atoms with E-state index in [0.717, 1.165) is 11.3 Å². The molecule has 4 atom stereocenters. The fourth-order valence-corrected chi connectivity index (χ4v) is 9.47. The molecule has 6 aromatic rings. The summed E-state index contributed by atoms with van der Waals surface area (Å²) in [5.41, 5.74) is 4.00. The maximum atomic E-state index is 13.8. The minimum atomic E-state index is -0.515. The van der Waals surface area contributed by atoms with Crippen molar-refractivity contribution in [1.29, 1.82) is 0 Å². The summed E-state index contributed by atoms with van der Waals surface area (Å²) >= 11 is 0. The van der Waals surface area contributed by atoms with Gasteiger partial charge in [0.15, 0.2) is 23.1 Å². The molecular weight excluding hydrogens is 853 g/mol. The highest BCUT2D eigenvalue weighted by molar-refractivity contribution is 6.03. The molecule has 8 rings (SSSR count). The number of benzene rings is 4. The monoisotopic (exact) mass is 910 g/mol. The van der Waals surface area contributed by atoms with Crippen LogP contribution in [0.2, 0.25) is 0 Å². The first-order valence-corrected chi connectivity index (χ1v) is 22.9. The summed E-state index contributed by atoms with van der Waals surface area (Å²) in [6.07, 6.45) is 5.14. The largest absolute Gasteiger partial charge is 0.348 e. The van der Waals surface area contributed by atoms with E-state index in [9.17, 15) is 28.8 Å². The number of Topliss-reactive ketones (excluding diaryl/α,β-unsaturated/α-hetero) is 4. The molecule has 0 saturated carbocycles. The molecule has 12 nitrogen and oxygen atoms in total. The van der Waals surface area contributed by atoms with Crippen LogP contribution in [0.3, 0.4) is 0 Å². The van der Waals surface area contributed by atoms with E-state index in [1.165, 1.54) is 9.80 Å². The van der Waals surface area contributed by atoms with Crippen LogP contribution in [0.1, 0.15) is 64.5 Å². The topological polar surface area (TPSA) is 141 Å². The van der Waals surface area contributed by atoms with E-state index < -0.39 is 29.6 Å². The van der Waals surface area contributed by atoms with Crippen LogP contribution in [0.5, 0.6) is 0 Å². The first-order chi connectivity index (χ1) is 32.9. The van der Waals surface area contributed by atoms with Crippen LogP contribution in [0, 0.1) is 23.7 Å². The fraction of sp³-hybridized carbons (Fsp3) is 0.286. The van der Waals surface area contributed by atoms with Gasteiger partial charge in [0.2, 0.25) is 11.8 Å². The van der Waals surface area contributed by atoms with Crippen molar-refractivity contribution in [3.8, 4) is 0 Å². The van der Waals surface area contributed by atoms with E-state index >= 15 is 0 Å². The quantitative estimate of drug-likeness (QED) is 0.104. The third kappa shape index (κ3) is 11.8. The summed E-state index contributed by atoms with van der Waals surface area (Å²) in [6.45, 7) is 1.86. The normalized spacial score (nSPS) is 18.9. The van der Waals surface area contributed by atoms with Crippen molar-refractivity contribution in [3.63, 3.8) is 0 Å². The highest BCUT2D eigenvalue weighted by Gasteiger charge is 2.47. The number of likely N-dealkylation sites (N-methyl/N-ethyl adjacent to an activating group) is 2. The number of rotatable bonds is 14. The zero-order chi connectivity index (χ0) is 48.2. The minimum Gasteiger partial charge on any atom is -0.348 e. The Kier molecular flexibility index (Phi) is 16.4. The maximum absolute atomic E-state index is 13.8. The van der Waals surface area contributed by atoms with E-state index in [1.807, 2.05) is 113 Å². The van der Waals surface area contributed by atoms with Gasteiger partial charge in [-0.15, -0.1) is 0 Å². The first-order valence-electron chi connectivity index (χ1n) is 22.9. The standard InChI is InChI=1S/2C28H29N3O3/c1-30(2)25(32)19-31-17-22(27(33)20-11-5-3-6-12-20)26(24-15-9-10-16-29-24)23(18-31)28(34)21-13-7-4-8-14-21;1-30(2)25(32)19-31-17-23(27(33)20-10-5-3-6-11-20)26(22-14-9-15-29-16-22)24(18-31)28(34)21-12-7-4-8-13-21/h3-16,22-23,26H,17-19H2,1-2H3;3-16,23-24,26H,17-19H2,1-2H3/t22-,23-;23-,24-/m00/s1. The number of hydrogen-bond acceptors (Lipinski definition) is 10. The van der Waals surface area contributed by atoms with E-state index in [0.29, 0.717) is 48.4 Å². The molecule has 2 saturated heterocycles. The average Bonchev–Trinajstić information content (AvgIpc) is 3.38. The van der Waals surface area contributed by atoms with Crippen molar-refractivity contribution >= 4 is 34.9 Å². The van der Waals surface area contributed by atoms with Crippen molar-refractivity contribution in [1.82, 2.24) is 29.6 Å². The number of carbonyl (C=O) groups excluding carboxylic acids is 6. The van der Waals surface area contributed by atoms with Gasteiger partial charge in [-0.1, -0.05) is 133 Å². The van der Waals surface area contributed by atoms with Gasteiger partial charge in [-0.3, -0.25) is 48.5 Å². The van der Waals surface area contributed by atoms with E-state index in [1.54, 1.807) is 95.3 Å². The number of likely N-dealkylation sites (tertiary alicyclic amines) is 2. The molecule has 0 aliphatic carbocycles. The SMILES string of the molecule is CN(C)C(=O)CN1C[C@H](C(=O)c2ccccc2)C(c2ccccn2)[C@@H](C(=O)c2ccccc2)C1.CN(C)C(=O)CN1C[C@H](C(=O)c2ccccc2)C(c2cccnc2)[C@@H](C(=O)c2ccccc2)C1. The molecule has 348 valence electrons. The number of carbonyl (C=O) groups is 6. The lowest BCUT2D eigenvalue weighted by Crippen LogP contribution is -2.52. The van der Waals surface area contributed by atoms with Gasteiger partial charge >= 0.3 is 0 Å². The molecule has 0 radical (unpaired) electrons. The van der Waals surface area contributed by atoms with Crippen LogP contribution in [-0.2, 0) is 9.59 Å². The summed E-state index contributed by atoms with van der Waals surface area (Å²) < 4.78 is 0. The molecule has 2 fully saturated rings. The molecular formula is C56H58N6O6. The third-order valence-corrected chi connectivity index (χ3v) is 12.9. The smallest absolute Gasteiger partial charge is 0.236 e. The summed E-state index contributed by atoms with van der Waals surface area (Å²) in [5, 5.41) is 0. The first kappa shape index (κ1) is 48.6. The van der Waals surface area contributed by atoms with Crippen LogP contribution in [0.4, 0.5) is 0 Å². The van der Waals surface area contributed by atoms with E-state index in [-0.39, 0.29) is 54.0 Å². The zero-order valence-electron chi connectivity index (χ0n) is 39.0. The van der Waals surface area contributed by atoms with Crippen LogP contribution in [0.15, 0.2) is 170 Å². The zero-order valence-corrected chi connectivity index (χ0v) is 39.0. The van der Waals surface area contributed by atoms with Crippen molar-refractivity contribution in [2.45, 2.75) is 11.8 Å². The van der Waals surface area contributed by atoms with Gasteiger partial charge in [0.05, 0.1) is 13.1 Å². The van der Waals surface area contributed by atoms with Gasteiger partial charge < -0.3 is 9.80 Å². The Hall–Kier alpha value is -7.28. The molecule has 0 bridgehead atoms. The summed E-state index contributed by atoms with van der Waals surface area (Å²) in [7, 11) is 6.85. The van der Waals surface area contributed by atoms with Gasteiger partial charge in [0, 0.05) is 136 Å². The molecule has 2 aliphatic rings. The Morgan fingerprint density at radius 2 is 0.794 bits per heavy atom. The van der Waals surface area contributed by atoms with Gasteiger partial charge in [-0.05, 0) is 23.8 Å². The number of pyridine rings is 2. The number of aromatic nitrogens is 2. The molecule has 2 aliphatic heterocycles. The van der Waals surface area contributed by atoms with Gasteiger partial charge in [-0.2, -0.15) is 0 Å². The molecule has 0 spiro atoms. The Morgan fingerprint density at radius 1 is 0.441 bits per heavy atom. The average molecular weight is 911 g/mol. The number of amides is 2. The van der Waals surface area contributed by atoms with Gasteiger partial charge in [0.25, 0.3) is 0 Å².